The standard InChI is InChI=1S/C50H31NO2/c1-2-11-32(12-3-1)34-21-25-37(26-22-34)51(38-27-23-33-13-4-5-15-36(33)29-38)46-30-45-43-28-24-35-14-6-7-16-39(35)49(43)53-48(45)31-44(46)42-19-10-18-41-40-17-8-9-20-47(40)52-50(41)42/h1-31H. The normalized spacial score (nSPS) is 11.8. The van der Waals surface area contributed by atoms with Gasteiger partial charge in [-0.25, -0.2) is 0 Å². The number of benzene rings is 9. The van der Waals surface area contributed by atoms with Crippen LogP contribution in [0.3, 0.4) is 0 Å². The smallest absolute Gasteiger partial charge is 0.143 e. The summed E-state index contributed by atoms with van der Waals surface area (Å²) in [5.74, 6) is 0. The van der Waals surface area contributed by atoms with E-state index in [-0.39, 0.29) is 0 Å². The van der Waals surface area contributed by atoms with Crippen molar-refractivity contribution in [3.05, 3.63) is 188 Å². The van der Waals surface area contributed by atoms with Crippen LogP contribution >= 0.6 is 0 Å². The van der Waals surface area contributed by atoms with Crippen LogP contribution in [-0.2, 0) is 0 Å². The molecule has 248 valence electrons. The highest BCUT2D eigenvalue weighted by atomic mass is 16.3. The molecule has 0 aliphatic heterocycles. The molecule has 3 nitrogen and oxygen atoms in total. The van der Waals surface area contributed by atoms with E-state index in [9.17, 15) is 0 Å². The third kappa shape index (κ3) is 4.75. The van der Waals surface area contributed by atoms with Gasteiger partial charge in [-0.1, -0.05) is 140 Å². The Balaban J connectivity index is 1.24. The van der Waals surface area contributed by atoms with Crippen molar-refractivity contribution < 1.29 is 8.83 Å². The predicted molar refractivity (Wildman–Crippen MR) is 222 cm³/mol. The summed E-state index contributed by atoms with van der Waals surface area (Å²) in [7, 11) is 0. The third-order valence-corrected chi connectivity index (χ3v) is 10.6. The number of hydrogen-bond acceptors (Lipinski definition) is 3. The molecule has 11 aromatic rings. The Bertz CT molecular complexity index is 3170. The first-order chi connectivity index (χ1) is 26.3. The van der Waals surface area contributed by atoms with Gasteiger partial charge in [0.1, 0.15) is 22.3 Å². The van der Waals surface area contributed by atoms with Crippen molar-refractivity contribution >= 4 is 82.5 Å². The molecular formula is C50H31NO2. The number of rotatable bonds is 5. The minimum Gasteiger partial charge on any atom is -0.455 e. The van der Waals surface area contributed by atoms with Crippen LogP contribution in [0.25, 0.3) is 87.7 Å². The molecule has 0 spiro atoms. The van der Waals surface area contributed by atoms with Crippen molar-refractivity contribution in [2.24, 2.45) is 0 Å². The molecule has 9 aromatic carbocycles. The minimum absolute atomic E-state index is 0.834. The lowest BCUT2D eigenvalue weighted by atomic mass is 9.96. The van der Waals surface area contributed by atoms with Crippen LogP contribution < -0.4 is 4.90 Å². The first kappa shape index (κ1) is 29.6. The summed E-state index contributed by atoms with van der Waals surface area (Å²) in [5.41, 5.74) is 11.0. The molecule has 2 heterocycles. The van der Waals surface area contributed by atoms with Crippen LogP contribution in [0.5, 0.6) is 0 Å². The molecule has 2 aromatic heterocycles. The number of fused-ring (bicyclic) bond motifs is 9. The monoisotopic (exact) mass is 677 g/mol. The fourth-order valence-electron chi connectivity index (χ4n) is 8.07. The Morgan fingerprint density at radius 2 is 0.962 bits per heavy atom. The van der Waals surface area contributed by atoms with Crippen molar-refractivity contribution in [3.8, 4) is 22.3 Å². The fraction of sp³-hybridized carbons (Fsp3) is 0. The average Bonchev–Trinajstić information content (AvgIpc) is 3.80. The quantitative estimate of drug-likeness (QED) is 0.182. The van der Waals surface area contributed by atoms with E-state index in [1.165, 1.54) is 21.9 Å². The molecule has 11 rings (SSSR count). The Morgan fingerprint density at radius 1 is 0.321 bits per heavy atom. The first-order valence-corrected chi connectivity index (χ1v) is 18.0. The van der Waals surface area contributed by atoms with E-state index in [1.807, 2.05) is 12.1 Å². The topological polar surface area (TPSA) is 29.5 Å². The molecule has 0 saturated heterocycles. The largest absolute Gasteiger partial charge is 0.455 e. The molecule has 0 atom stereocenters. The van der Waals surface area contributed by atoms with E-state index in [0.717, 1.165) is 82.8 Å². The number of para-hydroxylation sites is 2. The highest BCUT2D eigenvalue weighted by Crippen LogP contribution is 2.48. The summed E-state index contributed by atoms with van der Waals surface area (Å²) in [6, 6.07) is 66.8. The van der Waals surface area contributed by atoms with Gasteiger partial charge in [-0.3, -0.25) is 0 Å². The average molecular weight is 678 g/mol. The number of furan rings is 2. The van der Waals surface area contributed by atoms with Gasteiger partial charge in [0, 0.05) is 49.4 Å². The maximum absolute atomic E-state index is 6.82. The summed E-state index contributed by atoms with van der Waals surface area (Å²) in [4.78, 5) is 2.39. The maximum Gasteiger partial charge on any atom is 0.143 e. The van der Waals surface area contributed by atoms with Crippen LogP contribution in [0, 0.1) is 0 Å². The molecule has 0 radical (unpaired) electrons. The van der Waals surface area contributed by atoms with Crippen LogP contribution in [-0.4, -0.2) is 0 Å². The Hall–Kier alpha value is -7.10. The van der Waals surface area contributed by atoms with E-state index >= 15 is 0 Å². The lowest BCUT2D eigenvalue weighted by molar-refractivity contribution is 0.669. The van der Waals surface area contributed by atoms with Crippen molar-refractivity contribution in [2.75, 3.05) is 4.90 Å². The Labute approximate surface area is 305 Å². The molecule has 0 aliphatic rings. The summed E-state index contributed by atoms with van der Waals surface area (Å²) in [6.45, 7) is 0. The fourth-order valence-corrected chi connectivity index (χ4v) is 8.07. The van der Waals surface area contributed by atoms with Crippen molar-refractivity contribution in [1.29, 1.82) is 0 Å². The molecule has 53 heavy (non-hydrogen) atoms. The van der Waals surface area contributed by atoms with E-state index in [0.29, 0.717) is 0 Å². The zero-order valence-electron chi connectivity index (χ0n) is 28.7. The molecule has 0 amide bonds. The summed E-state index contributed by atoms with van der Waals surface area (Å²) in [6.07, 6.45) is 0. The second-order valence-corrected chi connectivity index (χ2v) is 13.7. The van der Waals surface area contributed by atoms with Crippen molar-refractivity contribution in [3.63, 3.8) is 0 Å². The van der Waals surface area contributed by atoms with E-state index in [2.05, 4.69) is 181 Å². The lowest BCUT2D eigenvalue weighted by Gasteiger charge is -2.28. The van der Waals surface area contributed by atoms with Gasteiger partial charge in [0.2, 0.25) is 0 Å². The number of nitrogens with zero attached hydrogens (tertiary/aromatic N) is 1. The third-order valence-electron chi connectivity index (χ3n) is 10.6. The second kappa shape index (κ2) is 11.7. The summed E-state index contributed by atoms with van der Waals surface area (Å²) < 4.78 is 13.5. The lowest BCUT2D eigenvalue weighted by Crippen LogP contribution is -2.11. The molecule has 0 unspecified atom stereocenters. The zero-order valence-corrected chi connectivity index (χ0v) is 28.7. The molecule has 0 bridgehead atoms. The molecule has 3 heteroatoms. The minimum atomic E-state index is 0.834. The van der Waals surface area contributed by atoms with Gasteiger partial charge in [0.15, 0.2) is 0 Å². The van der Waals surface area contributed by atoms with Crippen LogP contribution in [0.4, 0.5) is 17.1 Å². The van der Waals surface area contributed by atoms with Gasteiger partial charge in [-0.15, -0.1) is 0 Å². The van der Waals surface area contributed by atoms with Crippen molar-refractivity contribution in [1.82, 2.24) is 0 Å². The van der Waals surface area contributed by atoms with Gasteiger partial charge >= 0.3 is 0 Å². The summed E-state index contributed by atoms with van der Waals surface area (Å²) >= 11 is 0. The van der Waals surface area contributed by atoms with E-state index in [4.69, 9.17) is 8.83 Å². The second-order valence-electron chi connectivity index (χ2n) is 13.7. The molecule has 0 aliphatic carbocycles. The van der Waals surface area contributed by atoms with Gasteiger partial charge in [-0.2, -0.15) is 0 Å². The van der Waals surface area contributed by atoms with Gasteiger partial charge in [0.25, 0.3) is 0 Å². The van der Waals surface area contributed by atoms with Gasteiger partial charge in [0.05, 0.1) is 5.69 Å². The molecule has 0 saturated carbocycles. The maximum atomic E-state index is 6.82. The Morgan fingerprint density at radius 3 is 1.83 bits per heavy atom. The SMILES string of the molecule is c1ccc(-c2ccc(N(c3ccc4ccccc4c3)c3cc4c(cc3-c3cccc5c3oc3ccccc35)oc3c5ccccc5ccc43)cc2)cc1. The molecular weight excluding hydrogens is 647 g/mol. The van der Waals surface area contributed by atoms with Gasteiger partial charge < -0.3 is 13.7 Å². The highest BCUT2D eigenvalue weighted by molar-refractivity contribution is 6.18. The first-order valence-electron chi connectivity index (χ1n) is 18.0. The van der Waals surface area contributed by atoms with Crippen LogP contribution in [0.1, 0.15) is 0 Å². The number of hydrogen-bond donors (Lipinski definition) is 0. The Kier molecular flexibility index (Phi) is 6.55. The van der Waals surface area contributed by atoms with E-state index in [1.54, 1.807) is 0 Å². The predicted octanol–water partition coefficient (Wildman–Crippen LogP) is 14.6. The van der Waals surface area contributed by atoms with Crippen LogP contribution in [0.2, 0.25) is 0 Å². The highest BCUT2D eigenvalue weighted by Gasteiger charge is 2.24. The molecule has 0 N–H and O–H groups in total. The number of anilines is 3. The van der Waals surface area contributed by atoms with Crippen molar-refractivity contribution in [2.45, 2.75) is 0 Å². The summed E-state index contributed by atoms with van der Waals surface area (Å²) in [5, 5.41) is 8.98. The van der Waals surface area contributed by atoms with Gasteiger partial charge in [-0.05, 0) is 75.8 Å². The van der Waals surface area contributed by atoms with Crippen LogP contribution in [0.15, 0.2) is 197 Å². The van der Waals surface area contributed by atoms with E-state index < -0.39 is 0 Å². The molecule has 0 fully saturated rings. The zero-order chi connectivity index (χ0) is 34.9.